The molecule has 0 saturated heterocycles. The van der Waals surface area contributed by atoms with E-state index in [0.29, 0.717) is 6.04 Å². The Labute approximate surface area is 127 Å². The van der Waals surface area contributed by atoms with Gasteiger partial charge in [-0.15, -0.1) is 11.3 Å². The van der Waals surface area contributed by atoms with E-state index in [0.717, 1.165) is 23.8 Å². The fourth-order valence-electron chi connectivity index (χ4n) is 2.56. The van der Waals surface area contributed by atoms with E-state index in [9.17, 15) is 0 Å². The summed E-state index contributed by atoms with van der Waals surface area (Å²) in [5.41, 5.74) is 0.928. The van der Waals surface area contributed by atoms with Crippen LogP contribution < -0.4 is 10.2 Å². The van der Waals surface area contributed by atoms with Crippen molar-refractivity contribution < 1.29 is 0 Å². The molecule has 3 aromatic rings. The molecule has 0 aromatic carbocycles. The number of thiophene rings is 1. The molecular weight excluding hydrogens is 282 g/mol. The second kappa shape index (κ2) is 5.04. The van der Waals surface area contributed by atoms with Gasteiger partial charge in [-0.05, 0) is 24.3 Å². The van der Waals surface area contributed by atoms with E-state index in [1.165, 1.54) is 17.7 Å². The number of hydrogen-bond donors (Lipinski definition) is 1. The van der Waals surface area contributed by atoms with E-state index in [1.54, 1.807) is 11.3 Å². The van der Waals surface area contributed by atoms with Crippen LogP contribution in [0, 0.1) is 0 Å². The standard InChI is InChI=1S/C15H17N5S/c1-16-13-10-19-7-6-17-14(19)15(18-13)20(11-4-5-11)9-12-3-2-8-21-12/h2-3,6-8,10-11,16H,4-5,9H2,1H3. The highest BCUT2D eigenvalue weighted by Gasteiger charge is 2.32. The van der Waals surface area contributed by atoms with Crippen LogP contribution in [0.1, 0.15) is 17.7 Å². The molecule has 1 aliphatic carbocycles. The maximum Gasteiger partial charge on any atom is 0.180 e. The molecule has 1 saturated carbocycles. The van der Waals surface area contributed by atoms with E-state index in [4.69, 9.17) is 4.98 Å². The van der Waals surface area contributed by atoms with Crippen molar-refractivity contribution in [2.45, 2.75) is 25.4 Å². The molecule has 0 atom stereocenters. The molecular formula is C15H17N5S. The second-order valence-electron chi connectivity index (χ2n) is 5.30. The first-order chi connectivity index (χ1) is 10.3. The first-order valence-corrected chi connectivity index (χ1v) is 8.03. The molecule has 1 fully saturated rings. The number of rotatable bonds is 5. The zero-order valence-electron chi connectivity index (χ0n) is 11.9. The summed E-state index contributed by atoms with van der Waals surface area (Å²) in [6.45, 7) is 0.908. The van der Waals surface area contributed by atoms with Crippen molar-refractivity contribution >= 4 is 28.6 Å². The Morgan fingerprint density at radius 1 is 1.48 bits per heavy atom. The summed E-state index contributed by atoms with van der Waals surface area (Å²) in [6.07, 6.45) is 8.25. The second-order valence-corrected chi connectivity index (χ2v) is 6.33. The van der Waals surface area contributed by atoms with Crippen LogP contribution >= 0.6 is 11.3 Å². The summed E-state index contributed by atoms with van der Waals surface area (Å²) < 4.78 is 2.04. The third kappa shape index (κ3) is 2.35. The minimum atomic E-state index is 0.590. The number of aromatic nitrogens is 3. The molecule has 3 heterocycles. The van der Waals surface area contributed by atoms with Gasteiger partial charge in [-0.3, -0.25) is 0 Å². The highest BCUT2D eigenvalue weighted by molar-refractivity contribution is 7.09. The number of anilines is 2. The molecule has 0 spiro atoms. The quantitative estimate of drug-likeness (QED) is 0.786. The third-order valence-corrected chi connectivity index (χ3v) is 4.64. The van der Waals surface area contributed by atoms with Crippen molar-refractivity contribution in [3.05, 3.63) is 41.0 Å². The molecule has 0 radical (unpaired) electrons. The van der Waals surface area contributed by atoms with Crippen molar-refractivity contribution in [3.63, 3.8) is 0 Å². The van der Waals surface area contributed by atoms with E-state index in [1.807, 2.05) is 30.0 Å². The van der Waals surface area contributed by atoms with Crippen LogP contribution in [0.3, 0.4) is 0 Å². The number of imidazole rings is 1. The molecule has 4 rings (SSSR count). The molecule has 108 valence electrons. The average molecular weight is 299 g/mol. The van der Waals surface area contributed by atoms with Crippen LogP contribution in [0.15, 0.2) is 36.1 Å². The Hall–Kier alpha value is -2.08. The highest BCUT2D eigenvalue weighted by atomic mass is 32.1. The van der Waals surface area contributed by atoms with E-state index < -0.39 is 0 Å². The number of nitrogens with zero attached hydrogens (tertiary/aromatic N) is 4. The lowest BCUT2D eigenvalue weighted by Gasteiger charge is -2.23. The first kappa shape index (κ1) is 12.6. The van der Waals surface area contributed by atoms with Gasteiger partial charge < -0.3 is 14.6 Å². The van der Waals surface area contributed by atoms with E-state index in [2.05, 4.69) is 32.7 Å². The molecule has 1 N–H and O–H groups in total. The predicted molar refractivity (Wildman–Crippen MR) is 86.1 cm³/mol. The smallest absolute Gasteiger partial charge is 0.180 e. The maximum absolute atomic E-state index is 4.77. The zero-order valence-corrected chi connectivity index (χ0v) is 12.7. The van der Waals surface area contributed by atoms with Gasteiger partial charge in [-0.1, -0.05) is 6.07 Å². The van der Waals surface area contributed by atoms with Crippen molar-refractivity contribution in [2.24, 2.45) is 0 Å². The van der Waals surface area contributed by atoms with Gasteiger partial charge in [0.2, 0.25) is 0 Å². The Balaban J connectivity index is 1.79. The van der Waals surface area contributed by atoms with Crippen LogP contribution in [-0.2, 0) is 6.54 Å². The zero-order chi connectivity index (χ0) is 14.2. The summed E-state index contributed by atoms with van der Waals surface area (Å²) in [7, 11) is 1.90. The van der Waals surface area contributed by atoms with Crippen LogP contribution in [0.2, 0.25) is 0 Å². The molecule has 0 amide bonds. The number of hydrogen-bond acceptors (Lipinski definition) is 5. The van der Waals surface area contributed by atoms with Crippen molar-refractivity contribution in [3.8, 4) is 0 Å². The van der Waals surface area contributed by atoms with Crippen LogP contribution in [-0.4, -0.2) is 27.5 Å². The van der Waals surface area contributed by atoms with Gasteiger partial charge in [0, 0.05) is 30.4 Å². The average Bonchev–Trinajstić information content (AvgIpc) is 3.02. The van der Waals surface area contributed by atoms with Crippen molar-refractivity contribution in [2.75, 3.05) is 17.3 Å². The minimum absolute atomic E-state index is 0.590. The lowest BCUT2D eigenvalue weighted by atomic mass is 10.3. The normalized spacial score (nSPS) is 14.5. The fraction of sp³-hybridized carbons (Fsp3) is 0.333. The van der Waals surface area contributed by atoms with Crippen molar-refractivity contribution in [1.82, 2.24) is 14.4 Å². The van der Waals surface area contributed by atoms with E-state index in [-0.39, 0.29) is 0 Å². The monoisotopic (exact) mass is 299 g/mol. The minimum Gasteiger partial charge on any atom is -0.372 e. The molecule has 0 bridgehead atoms. The third-order valence-electron chi connectivity index (χ3n) is 3.78. The maximum atomic E-state index is 4.77. The van der Waals surface area contributed by atoms with Gasteiger partial charge in [-0.2, -0.15) is 0 Å². The van der Waals surface area contributed by atoms with Crippen LogP contribution in [0.5, 0.6) is 0 Å². The molecule has 0 unspecified atom stereocenters. The summed E-state index contributed by atoms with van der Waals surface area (Å²) in [5, 5.41) is 5.27. The molecule has 21 heavy (non-hydrogen) atoms. The molecule has 0 aliphatic heterocycles. The summed E-state index contributed by atoms with van der Waals surface area (Å²) in [4.78, 5) is 13.0. The number of nitrogens with one attached hydrogen (secondary N) is 1. The largest absolute Gasteiger partial charge is 0.372 e. The Bertz CT molecular complexity index is 745. The van der Waals surface area contributed by atoms with Gasteiger partial charge >= 0.3 is 0 Å². The van der Waals surface area contributed by atoms with Gasteiger partial charge in [-0.25, -0.2) is 9.97 Å². The summed E-state index contributed by atoms with van der Waals surface area (Å²) in [6, 6.07) is 4.88. The first-order valence-electron chi connectivity index (χ1n) is 7.15. The lowest BCUT2D eigenvalue weighted by Crippen LogP contribution is -2.26. The molecule has 1 aliphatic rings. The van der Waals surface area contributed by atoms with Crippen LogP contribution in [0.4, 0.5) is 11.6 Å². The van der Waals surface area contributed by atoms with Crippen molar-refractivity contribution in [1.29, 1.82) is 0 Å². The fourth-order valence-corrected chi connectivity index (χ4v) is 3.26. The van der Waals surface area contributed by atoms with Gasteiger partial charge in [0.15, 0.2) is 11.5 Å². The van der Waals surface area contributed by atoms with Crippen LogP contribution in [0.25, 0.3) is 5.65 Å². The Morgan fingerprint density at radius 3 is 3.10 bits per heavy atom. The van der Waals surface area contributed by atoms with E-state index >= 15 is 0 Å². The Morgan fingerprint density at radius 2 is 2.38 bits per heavy atom. The predicted octanol–water partition coefficient (Wildman–Crippen LogP) is 3.00. The molecule has 3 aromatic heterocycles. The highest BCUT2D eigenvalue weighted by Crippen LogP contribution is 2.35. The summed E-state index contributed by atoms with van der Waals surface area (Å²) in [5.74, 6) is 1.84. The van der Waals surface area contributed by atoms with Gasteiger partial charge in [0.05, 0.1) is 12.7 Å². The topological polar surface area (TPSA) is 45.5 Å². The van der Waals surface area contributed by atoms with Gasteiger partial charge in [0.25, 0.3) is 0 Å². The Kier molecular flexibility index (Phi) is 3.03. The molecule has 6 heteroatoms. The molecule has 5 nitrogen and oxygen atoms in total. The SMILES string of the molecule is CNc1cn2ccnc2c(N(Cc2cccs2)C2CC2)n1. The number of fused-ring (bicyclic) bond motifs is 1. The lowest BCUT2D eigenvalue weighted by molar-refractivity contribution is 0.785. The van der Waals surface area contributed by atoms with Gasteiger partial charge in [0.1, 0.15) is 5.82 Å². The summed E-state index contributed by atoms with van der Waals surface area (Å²) >= 11 is 1.80.